The highest BCUT2D eigenvalue weighted by atomic mass is 19.1. The van der Waals surface area contributed by atoms with Gasteiger partial charge in [-0.1, -0.05) is 18.2 Å². The standard InChI is InChI=1S/C35H42FNO3/c1-3-37(22-23-4-15-35(33(36)18-23)40-17-16-31-24-5-6-25(31)8-7-24)34-21-30(39-2)13-14-32(34)28-10-9-27-20-29(38)12-11-26(27)19-28/h4,11-15,18,20-21,24-25,28,31,38H,3,5-10,16-17,19,22H2,1-2H3. The Morgan fingerprint density at radius 3 is 2.45 bits per heavy atom. The zero-order valence-electron chi connectivity index (χ0n) is 23.9. The van der Waals surface area contributed by atoms with Crippen LogP contribution in [0.1, 0.15) is 73.6 Å². The third kappa shape index (κ3) is 5.53. The maximum Gasteiger partial charge on any atom is 0.165 e. The predicted molar refractivity (Wildman–Crippen MR) is 158 cm³/mol. The molecule has 4 nitrogen and oxygen atoms in total. The molecule has 0 spiro atoms. The normalized spacial score (nSPS) is 23.2. The van der Waals surface area contributed by atoms with Gasteiger partial charge < -0.3 is 19.5 Å². The third-order valence-corrected chi connectivity index (χ3v) is 9.92. The highest BCUT2D eigenvalue weighted by molar-refractivity contribution is 5.60. The van der Waals surface area contributed by atoms with Crippen LogP contribution < -0.4 is 14.4 Å². The second kappa shape index (κ2) is 11.7. The summed E-state index contributed by atoms with van der Waals surface area (Å²) in [7, 11) is 1.70. The third-order valence-electron chi connectivity index (χ3n) is 9.92. The second-order valence-corrected chi connectivity index (χ2v) is 12.1. The number of phenolic OH excluding ortho intramolecular Hbond substituents is 1. The number of phenols is 1. The van der Waals surface area contributed by atoms with E-state index in [-0.39, 0.29) is 5.82 Å². The Kier molecular flexibility index (Phi) is 7.91. The van der Waals surface area contributed by atoms with Crippen molar-refractivity contribution in [2.75, 3.05) is 25.2 Å². The molecule has 0 radical (unpaired) electrons. The van der Waals surface area contributed by atoms with Crippen LogP contribution in [-0.4, -0.2) is 25.4 Å². The van der Waals surface area contributed by atoms with Crippen molar-refractivity contribution in [1.29, 1.82) is 0 Å². The van der Waals surface area contributed by atoms with Gasteiger partial charge in [0.25, 0.3) is 0 Å². The molecule has 0 saturated heterocycles. The maximum atomic E-state index is 15.1. The molecule has 1 atom stereocenters. The quantitative estimate of drug-likeness (QED) is 0.281. The summed E-state index contributed by atoms with van der Waals surface area (Å²) in [4.78, 5) is 2.31. The average molecular weight is 544 g/mol. The first-order valence-corrected chi connectivity index (χ1v) is 15.2. The van der Waals surface area contributed by atoms with Crippen molar-refractivity contribution in [1.82, 2.24) is 0 Å². The minimum absolute atomic E-state index is 0.277. The van der Waals surface area contributed by atoms with E-state index in [0.29, 0.717) is 30.6 Å². The summed E-state index contributed by atoms with van der Waals surface area (Å²) < 4.78 is 26.7. The molecule has 6 rings (SSSR count). The van der Waals surface area contributed by atoms with E-state index in [1.807, 2.05) is 24.3 Å². The van der Waals surface area contributed by atoms with Gasteiger partial charge in [0.05, 0.1) is 13.7 Å². The number of ether oxygens (including phenoxy) is 2. The fourth-order valence-corrected chi connectivity index (χ4v) is 7.79. The molecule has 3 aliphatic carbocycles. The second-order valence-electron chi connectivity index (χ2n) is 12.1. The molecule has 0 aromatic heterocycles. The smallest absolute Gasteiger partial charge is 0.165 e. The van der Waals surface area contributed by atoms with Crippen molar-refractivity contribution in [3.63, 3.8) is 0 Å². The Bertz CT molecular complexity index is 1320. The van der Waals surface area contributed by atoms with Crippen LogP contribution in [0.3, 0.4) is 0 Å². The number of aromatic hydroxyl groups is 1. The Morgan fingerprint density at radius 1 is 0.925 bits per heavy atom. The SMILES string of the molecule is CCN(Cc1ccc(OCCC2C3CCC2CC3)c(F)c1)c1cc(OC)ccc1C1CCc2cc(O)ccc2C1. The first kappa shape index (κ1) is 27.0. The molecule has 3 aromatic carbocycles. The van der Waals surface area contributed by atoms with Gasteiger partial charge in [0.1, 0.15) is 11.5 Å². The fraction of sp³-hybridized carbons (Fsp3) is 0.486. The first-order valence-electron chi connectivity index (χ1n) is 15.2. The van der Waals surface area contributed by atoms with Crippen molar-refractivity contribution >= 4 is 5.69 Å². The zero-order chi connectivity index (χ0) is 27.6. The summed E-state index contributed by atoms with van der Waals surface area (Å²) in [6, 6.07) is 17.6. The van der Waals surface area contributed by atoms with E-state index in [0.717, 1.165) is 67.0 Å². The molecule has 212 valence electrons. The summed E-state index contributed by atoms with van der Waals surface area (Å²) >= 11 is 0. The van der Waals surface area contributed by atoms with Crippen molar-refractivity contribution in [2.24, 2.45) is 17.8 Å². The van der Waals surface area contributed by atoms with Gasteiger partial charge >= 0.3 is 0 Å². The van der Waals surface area contributed by atoms with Gasteiger partial charge in [0.2, 0.25) is 0 Å². The van der Waals surface area contributed by atoms with Gasteiger partial charge in [-0.2, -0.15) is 0 Å². The van der Waals surface area contributed by atoms with Crippen LogP contribution in [0.2, 0.25) is 0 Å². The van der Waals surface area contributed by atoms with Crippen LogP contribution in [-0.2, 0) is 19.4 Å². The molecular formula is C35H42FNO3. The number of aryl methyl sites for hydroxylation is 1. The van der Waals surface area contributed by atoms with E-state index in [9.17, 15) is 5.11 Å². The minimum Gasteiger partial charge on any atom is -0.508 e. The molecule has 0 aliphatic heterocycles. The molecule has 2 saturated carbocycles. The average Bonchev–Trinajstić information content (AvgIpc) is 3.55. The molecule has 1 unspecified atom stereocenters. The van der Waals surface area contributed by atoms with Crippen molar-refractivity contribution in [3.05, 3.63) is 82.7 Å². The lowest BCUT2D eigenvalue weighted by atomic mass is 9.79. The van der Waals surface area contributed by atoms with Crippen LogP contribution >= 0.6 is 0 Å². The number of rotatable bonds is 10. The van der Waals surface area contributed by atoms with E-state index in [1.54, 1.807) is 19.2 Å². The predicted octanol–water partition coefficient (Wildman–Crippen LogP) is 8.04. The molecule has 3 aromatic rings. The number of benzene rings is 3. The summed E-state index contributed by atoms with van der Waals surface area (Å²) in [5, 5.41) is 9.91. The lowest BCUT2D eigenvalue weighted by Crippen LogP contribution is -2.25. The van der Waals surface area contributed by atoms with E-state index in [1.165, 1.54) is 42.4 Å². The molecule has 1 N–H and O–H groups in total. The molecule has 2 fully saturated rings. The summed E-state index contributed by atoms with van der Waals surface area (Å²) in [6.45, 7) is 4.15. The van der Waals surface area contributed by atoms with E-state index < -0.39 is 0 Å². The lowest BCUT2D eigenvalue weighted by molar-refractivity contribution is 0.243. The highest BCUT2D eigenvalue weighted by Gasteiger charge is 2.41. The van der Waals surface area contributed by atoms with Gasteiger partial charge in [-0.05, 0) is 135 Å². The Morgan fingerprint density at radius 2 is 1.73 bits per heavy atom. The topological polar surface area (TPSA) is 41.9 Å². The van der Waals surface area contributed by atoms with E-state index in [4.69, 9.17) is 9.47 Å². The largest absolute Gasteiger partial charge is 0.508 e. The maximum absolute atomic E-state index is 15.1. The highest BCUT2D eigenvalue weighted by Crippen LogP contribution is 2.50. The van der Waals surface area contributed by atoms with Gasteiger partial charge in [0.15, 0.2) is 11.6 Å². The number of hydrogen-bond donors (Lipinski definition) is 1. The van der Waals surface area contributed by atoms with Crippen LogP contribution in [0.4, 0.5) is 10.1 Å². The molecular weight excluding hydrogens is 501 g/mol. The number of methoxy groups -OCH3 is 1. The first-order chi connectivity index (χ1) is 19.5. The monoisotopic (exact) mass is 543 g/mol. The van der Waals surface area contributed by atoms with Gasteiger partial charge in [-0.25, -0.2) is 4.39 Å². The number of nitrogens with zero attached hydrogens (tertiary/aromatic N) is 1. The molecule has 5 heteroatoms. The van der Waals surface area contributed by atoms with Crippen LogP contribution in [0.15, 0.2) is 54.6 Å². The zero-order valence-corrected chi connectivity index (χ0v) is 23.9. The Hall–Kier alpha value is -3.21. The molecule has 0 amide bonds. The van der Waals surface area contributed by atoms with Gasteiger partial charge in [-0.3, -0.25) is 0 Å². The molecule has 0 heterocycles. The summed E-state index contributed by atoms with van der Waals surface area (Å²) in [5.74, 6) is 4.15. The Labute approximate surface area is 238 Å². The minimum atomic E-state index is -0.277. The van der Waals surface area contributed by atoms with Crippen LogP contribution in [0, 0.1) is 23.6 Å². The van der Waals surface area contributed by atoms with Gasteiger partial charge in [0, 0.05) is 24.8 Å². The molecule has 40 heavy (non-hydrogen) atoms. The van der Waals surface area contributed by atoms with E-state index >= 15 is 4.39 Å². The number of halogens is 1. The van der Waals surface area contributed by atoms with Crippen molar-refractivity contribution < 1.29 is 19.0 Å². The summed E-state index contributed by atoms with van der Waals surface area (Å²) in [5.41, 5.74) is 5.91. The summed E-state index contributed by atoms with van der Waals surface area (Å²) in [6.07, 6.45) is 9.46. The van der Waals surface area contributed by atoms with Crippen LogP contribution in [0.5, 0.6) is 17.2 Å². The lowest BCUT2D eigenvalue weighted by Gasteiger charge is -2.32. The number of hydrogen-bond acceptors (Lipinski definition) is 4. The van der Waals surface area contributed by atoms with Crippen LogP contribution in [0.25, 0.3) is 0 Å². The van der Waals surface area contributed by atoms with Crippen molar-refractivity contribution in [2.45, 2.75) is 70.8 Å². The molecule has 2 bridgehead atoms. The van der Waals surface area contributed by atoms with Crippen molar-refractivity contribution in [3.8, 4) is 17.2 Å². The number of anilines is 1. The number of fused-ring (bicyclic) bond motifs is 3. The van der Waals surface area contributed by atoms with Gasteiger partial charge in [-0.15, -0.1) is 0 Å². The Balaban J connectivity index is 1.16. The fourth-order valence-electron chi connectivity index (χ4n) is 7.79. The van der Waals surface area contributed by atoms with E-state index in [2.05, 4.69) is 30.0 Å². The molecule has 3 aliphatic rings.